The first-order chi connectivity index (χ1) is 11.4. The Morgan fingerprint density at radius 2 is 1.75 bits per heavy atom. The number of hydrogen-bond donors (Lipinski definition) is 1. The zero-order valence-electron chi connectivity index (χ0n) is 13.7. The van der Waals surface area contributed by atoms with E-state index in [1.54, 1.807) is 48.3 Å². The molecule has 1 atom stereocenters. The molecule has 0 aliphatic carbocycles. The van der Waals surface area contributed by atoms with E-state index in [2.05, 4.69) is 0 Å². The van der Waals surface area contributed by atoms with Crippen molar-refractivity contribution in [2.45, 2.75) is 25.8 Å². The van der Waals surface area contributed by atoms with Gasteiger partial charge in [0, 0.05) is 18.5 Å². The molecule has 0 fully saturated rings. The Labute approximate surface area is 146 Å². The summed E-state index contributed by atoms with van der Waals surface area (Å²) in [6, 6.07) is 14.1. The van der Waals surface area contributed by atoms with Crippen LogP contribution in [0.4, 0.5) is 0 Å². The molecule has 0 spiro atoms. The molecule has 0 heterocycles. The summed E-state index contributed by atoms with van der Waals surface area (Å²) in [5, 5.41) is 9.85. The Morgan fingerprint density at radius 1 is 1.12 bits per heavy atom. The minimum absolute atomic E-state index is 0.0300. The minimum Gasteiger partial charge on any atom is -0.478 e. The van der Waals surface area contributed by atoms with Crippen molar-refractivity contribution in [3.05, 3.63) is 70.2 Å². The first kappa shape index (κ1) is 18.0. The van der Waals surface area contributed by atoms with E-state index in [1.807, 2.05) is 19.1 Å². The summed E-state index contributed by atoms with van der Waals surface area (Å²) in [6.07, 6.45) is 0.664. The number of benzene rings is 2. The molecular weight excluding hydrogens is 326 g/mol. The number of rotatable bonds is 6. The van der Waals surface area contributed by atoms with Crippen LogP contribution in [0, 0.1) is 0 Å². The maximum absolute atomic E-state index is 12.4. The molecule has 0 bridgehead atoms. The van der Waals surface area contributed by atoms with Crippen LogP contribution in [-0.2, 0) is 11.2 Å². The second-order valence-electron chi connectivity index (χ2n) is 5.69. The second-order valence-corrected chi connectivity index (χ2v) is 6.13. The number of amides is 1. The molecular formula is C19H20ClNO3. The number of carbonyl (C=O) groups excluding carboxylic acids is 1. The lowest BCUT2D eigenvalue weighted by Crippen LogP contribution is -2.29. The molecule has 0 saturated carbocycles. The molecule has 24 heavy (non-hydrogen) atoms. The number of halogens is 1. The van der Waals surface area contributed by atoms with E-state index in [0.29, 0.717) is 17.0 Å². The minimum atomic E-state index is -0.971. The van der Waals surface area contributed by atoms with Gasteiger partial charge < -0.3 is 10.0 Å². The van der Waals surface area contributed by atoms with Crippen LogP contribution in [0.3, 0.4) is 0 Å². The van der Waals surface area contributed by atoms with Gasteiger partial charge in [-0.2, -0.15) is 0 Å². The number of carboxylic acids is 1. The predicted octanol–water partition coefficient (Wildman–Crippen LogP) is 4.19. The highest BCUT2D eigenvalue weighted by atomic mass is 35.5. The molecule has 0 aliphatic rings. The maximum Gasteiger partial charge on any atom is 0.335 e. The third kappa shape index (κ3) is 4.36. The average molecular weight is 346 g/mol. The summed E-state index contributed by atoms with van der Waals surface area (Å²) in [5.41, 5.74) is 1.92. The third-order valence-electron chi connectivity index (χ3n) is 4.18. The summed E-state index contributed by atoms with van der Waals surface area (Å²) in [7, 11) is 1.75. The number of nitrogens with zero attached hydrogens (tertiary/aromatic N) is 1. The summed E-state index contributed by atoms with van der Waals surface area (Å²) in [5.74, 6) is -1.00. The van der Waals surface area contributed by atoms with Crippen molar-refractivity contribution in [3.8, 4) is 0 Å². The molecule has 0 saturated heterocycles. The van der Waals surface area contributed by atoms with Gasteiger partial charge in [-0.15, -0.1) is 0 Å². The van der Waals surface area contributed by atoms with Crippen molar-refractivity contribution in [2.75, 3.05) is 7.05 Å². The Balaban J connectivity index is 2.02. The molecule has 0 aliphatic heterocycles. The number of aromatic carboxylic acids is 1. The fraction of sp³-hybridized carbons (Fsp3) is 0.263. The molecule has 2 rings (SSSR count). The molecule has 5 heteroatoms. The van der Waals surface area contributed by atoms with Crippen LogP contribution in [0.5, 0.6) is 0 Å². The molecule has 126 valence electrons. The molecule has 4 nitrogen and oxygen atoms in total. The van der Waals surface area contributed by atoms with E-state index < -0.39 is 5.97 Å². The van der Waals surface area contributed by atoms with E-state index >= 15 is 0 Å². The smallest absolute Gasteiger partial charge is 0.335 e. The van der Waals surface area contributed by atoms with Gasteiger partial charge in [-0.1, -0.05) is 41.9 Å². The molecule has 1 amide bonds. The van der Waals surface area contributed by atoms with Gasteiger partial charge in [0.05, 0.1) is 11.6 Å². The van der Waals surface area contributed by atoms with Crippen molar-refractivity contribution in [1.82, 2.24) is 4.90 Å². The highest BCUT2D eigenvalue weighted by Gasteiger charge is 2.18. The van der Waals surface area contributed by atoms with Crippen molar-refractivity contribution >= 4 is 23.5 Å². The zero-order valence-corrected chi connectivity index (χ0v) is 14.5. The lowest BCUT2D eigenvalue weighted by Gasteiger charge is -2.25. The molecule has 0 radical (unpaired) electrons. The molecule has 0 aromatic heterocycles. The van der Waals surface area contributed by atoms with Gasteiger partial charge in [0.2, 0.25) is 5.91 Å². The van der Waals surface area contributed by atoms with Gasteiger partial charge in [0.15, 0.2) is 0 Å². The van der Waals surface area contributed by atoms with Crippen LogP contribution in [0.25, 0.3) is 0 Å². The fourth-order valence-corrected chi connectivity index (χ4v) is 2.67. The Bertz CT molecular complexity index is 728. The van der Waals surface area contributed by atoms with Gasteiger partial charge in [0.1, 0.15) is 0 Å². The van der Waals surface area contributed by atoms with E-state index in [-0.39, 0.29) is 23.9 Å². The Kier molecular flexibility index (Phi) is 5.99. The SMILES string of the molecule is CC(c1ccc(Cl)cc1)N(C)C(=O)CCc1ccccc1C(=O)O. The largest absolute Gasteiger partial charge is 0.478 e. The molecule has 2 aromatic rings. The van der Waals surface area contributed by atoms with Crippen molar-refractivity contribution in [2.24, 2.45) is 0 Å². The zero-order chi connectivity index (χ0) is 17.7. The van der Waals surface area contributed by atoms with Crippen molar-refractivity contribution in [1.29, 1.82) is 0 Å². The van der Waals surface area contributed by atoms with E-state index in [9.17, 15) is 14.7 Å². The lowest BCUT2D eigenvalue weighted by atomic mass is 10.0. The number of carbonyl (C=O) groups is 2. The monoisotopic (exact) mass is 345 g/mol. The number of carboxylic acid groups (broad SMARTS) is 1. The van der Waals surface area contributed by atoms with Crippen LogP contribution in [0.15, 0.2) is 48.5 Å². The molecule has 1 N–H and O–H groups in total. The van der Waals surface area contributed by atoms with Crippen LogP contribution in [-0.4, -0.2) is 28.9 Å². The van der Waals surface area contributed by atoms with Crippen LogP contribution in [0.1, 0.15) is 40.9 Å². The topological polar surface area (TPSA) is 57.6 Å². The summed E-state index contributed by atoms with van der Waals surface area (Å²) < 4.78 is 0. The van der Waals surface area contributed by atoms with Gasteiger partial charge >= 0.3 is 5.97 Å². The lowest BCUT2D eigenvalue weighted by molar-refractivity contribution is -0.131. The summed E-state index contributed by atoms with van der Waals surface area (Å²) in [4.78, 5) is 25.3. The van der Waals surface area contributed by atoms with Gasteiger partial charge in [-0.3, -0.25) is 4.79 Å². The fourth-order valence-electron chi connectivity index (χ4n) is 2.55. The standard InChI is InChI=1S/C19H20ClNO3/c1-13(14-7-10-16(20)11-8-14)21(2)18(22)12-9-15-5-3-4-6-17(15)19(23)24/h3-8,10-11,13H,9,12H2,1-2H3,(H,23,24). The van der Waals surface area contributed by atoms with E-state index in [1.165, 1.54) is 0 Å². The Morgan fingerprint density at radius 3 is 2.38 bits per heavy atom. The van der Waals surface area contributed by atoms with Crippen molar-refractivity contribution < 1.29 is 14.7 Å². The van der Waals surface area contributed by atoms with Crippen molar-refractivity contribution in [3.63, 3.8) is 0 Å². The first-order valence-electron chi connectivity index (χ1n) is 7.72. The maximum atomic E-state index is 12.4. The summed E-state index contributed by atoms with van der Waals surface area (Å²) >= 11 is 5.89. The van der Waals surface area contributed by atoms with Gasteiger partial charge in [-0.25, -0.2) is 4.79 Å². The molecule has 2 aromatic carbocycles. The van der Waals surface area contributed by atoms with E-state index in [4.69, 9.17) is 11.6 Å². The van der Waals surface area contributed by atoms with Crippen LogP contribution < -0.4 is 0 Å². The normalized spacial score (nSPS) is 11.8. The van der Waals surface area contributed by atoms with Crippen LogP contribution >= 0.6 is 11.6 Å². The Hall–Kier alpha value is -2.33. The van der Waals surface area contributed by atoms with Gasteiger partial charge in [-0.05, 0) is 42.7 Å². The number of hydrogen-bond acceptors (Lipinski definition) is 2. The second kappa shape index (κ2) is 7.97. The van der Waals surface area contributed by atoms with Crippen LogP contribution in [0.2, 0.25) is 5.02 Å². The average Bonchev–Trinajstić information content (AvgIpc) is 2.59. The van der Waals surface area contributed by atoms with E-state index in [0.717, 1.165) is 5.56 Å². The van der Waals surface area contributed by atoms with Gasteiger partial charge in [0.25, 0.3) is 0 Å². The highest BCUT2D eigenvalue weighted by molar-refractivity contribution is 6.30. The number of aryl methyl sites for hydroxylation is 1. The first-order valence-corrected chi connectivity index (χ1v) is 8.10. The third-order valence-corrected chi connectivity index (χ3v) is 4.43. The predicted molar refractivity (Wildman–Crippen MR) is 94.4 cm³/mol. The highest BCUT2D eigenvalue weighted by Crippen LogP contribution is 2.22. The molecule has 1 unspecified atom stereocenters. The quantitative estimate of drug-likeness (QED) is 0.854. The summed E-state index contributed by atoms with van der Waals surface area (Å²) in [6.45, 7) is 1.95.